The third-order valence-corrected chi connectivity index (χ3v) is 8.58. The standard InChI is InChI=1S/C29H35Cl2FN4O3/c1-28(2,3)16-22-29(19-8-7-17(30)15-21(19)34-27(29)38)23(18-5-4-6-20(31)24(18)32)25(35-22)26(37)33-9-10-36-11-13-39-14-12-36/h4-8,15,22-23,25,35H,9-14,16H2,1-3H3,(H,33,37)(H,34,38)/t22-,23-,25-,29+/m1/s1. The van der Waals surface area contributed by atoms with E-state index in [2.05, 4.69) is 41.6 Å². The molecule has 4 atom stereocenters. The molecule has 7 nitrogen and oxygen atoms in total. The SMILES string of the molecule is CC(C)(C)C[C@H]1N[C@@H](C(=O)NCCN2CCOCC2)[C@@H](c2cccc(Cl)c2F)[C@@]12C(=O)Nc1cc(Cl)ccc12. The highest BCUT2D eigenvalue weighted by Gasteiger charge is 2.66. The lowest BCUT2D eigenvalue weighted by Crippen LogP contribution is -2.49. The number of amides is 2. The molecule has 3 aliphatic rings. The van der Waals surface area contributed by atoms with Crippen molar-refractivity contribution in [1.82, 2.24) is 15.5 Å². The maximum absolute atomic E-state index is 15.8. The summed E-state index contributed by atoms with van der Waals surface area (Å²) in [5.41, 5.74) is 0.0582. The number of carbonyl (C=O) groups excluding carboxylic acids is 2. The Kier molecular flexibility index (Phi) is 7.97. The monoisotopic (exact) mass is 576 g/mol. The number of nitrogens with one attached hydrogen (secondary N) is 3. The number of rotatable bonds is 6. The number of anilines is 1. The van der Waals surface area contributed by atoms with Gasteiger partial charge in [0.2, 0.25) is 11.8 Å². The van der Waals surface area contributed by atoms with E-state index in [1.54, 1.807) is 24.3 Å². The maximum Gasteiger partial charge on any atom is 0.237 e. The molecule has 2 fully saturated rings. The van der Waals surface area contributed by atoms with Gasteiger partial charge >= 0.3 is 0 Å². The first-order valence-corrected chi connectivity index (χ1v) is 14.2. The first-order valence-electron chi connectivity index (χ1n) is 13.4. The fraction of sp³-hybridized carbons (Fsp3) is 0.517. The number of hydrogen-bond donors (Lipinski definition) is 3. The van der Waals surface area contributed by atoms with Crippen LogP contribution in [0.3, 0.4) is 0 Å². The van der Waals surface area contributed by atoms with Gasteiger partial charge in [-0.05, 0) is 41.2 Å². The van der Waals surface area contributed by atoms with E-state index in [-0.39, 0.29) is 27.8 Å². The average molecular weight is 578 g/mol. The van der Waals surface area contributed by atoms with E-state index in [0.29, 0.717) is 49.0 Å². The van der Waals surface area contributed by atoms with Gasteiger partial charge in [0.05, 0.1) is 24.3 Å². The first-order chi connectivity index (χ1) is 18.5. The van der Waals surface area contributed by atoms with Crippen molar-refractivity contribution in [3.63, 3.8) is 0 Å². The summed E-state index contributed by atoms with van der Waals surface area (Å²) in [5.74, 6) is -2.04. The van der Waals surface area contributed by atoms with Gasteiger partial charge in [-0.3, -0.25) is 14.5 Å². The van der Waals surface area contributed by atoms with Crippen molar-refractivity contribution in [2.24, 2.45) is 5.41 Å². The molecule has 2 saturated heterocycles. The van der Waals surface area contributed by atoms with Crippen LogP contribution in [0.5, 0.6) is 0 Å². The summed E-state index contributed by atoms with van der Waals surface area (Å²) in [5, 5.41) is 9.98. The van der Waals surface area contributed by atoms with E-state index in [1.807, 2.05) is 6.07 Å². The maximum atomic E-state index is 15.8. The van der Waals surface area contributed by atoms with E-state index in [1.165, 1.54) is 6.07 Å². The van der Waals surface area contributed by atoms with Crippen molar-refractivity contribution in [2.45, 2.75) is 50.6 Å². The van der Waals surface area contributed by atoms with Gasteiger partial charge in [0.15, 0.2) is 0 Å². The van der Waals surface area contributed by atoms with Crippen molar-refractivity contribution >= 4 is 40.7 Å². The highest BCUT2D eigenvalue weighted by atomic mass is 35.5. The van der Waals surface area contributed by atoms with Crippen LogP contribution in [-0.4, -0.2) is 68.2 Å². The second-order valence-electron chi connectivity index (χ2n) is 11.8. The van der Waals surface area contributed by atoms with Gasteiger partial charge in [-0.1, -0.05) is 62.2 Å². The Hall–Kier alpha value is -2.23. The summed E-state index contributed by atoms with van der Waals surface area (Å²) in [6.07, 6.45) is 0.568. The van der Waals surface area contributed by atoms with Crippen LogP contribution < -0.4 is 16.0 Å². The number of benzene rings is 2. The number of nitrogens with zero attached hydrogens (tertiary/aromatic N) is 1. The molecule has 3 heterocycles. The van der Waals surface area contributed by atoms with Crippen LogP contribution in [0.2, 0.25) is 10.0 Å². The Morgan fingerprint density at radius 3 is 2.67 bits per heavy atom. The van der Waals surface area contributed by atoms with E-state index in [4.69, 9.17) is 27.9 Å². The van der Waals surface area contributed by atoms with Crippen LogP contribution in [0.25, 0.3) is 0 Å². The van der Waals surface area contributed by atoms with Gasteiger partial charge in [-0.2, -0.15) is 0 Å². The zero-order chi connectivity index (χ0) is 27.9. The molecule has 39 heavy (non-hydrogen) atoms. The first kappa shape index (κ1) is 28.3. The van der Waals surface area contributed by atoms with Crippen LogP contribution in [0.1, 0.15) is 44.2 Å². The summed E-state index contributed by atoms with van der Waals surface area (Å²) in [6.45, 7) is 10.3. The van der Waals surface area contributed by atoms with Gasteiger partial charge < -0.3 is 20.7 Å². The third-order valence-electron chi connectivity index (χ3n) is 8.05. The predicted molar refractivity (Wildman–Crippen MR) is 151 cm³/mol. The van der Waals surface area contributed by atoms with Crippen molar-refractivity contribution < 1.29 is 18.7 Å². The Morgan fingerprint density at radius 2 is 1.95 bits per heavy atom. The van der Waals surface area contributed by atoms with E-state index in [9.17, 15) is 9.59 Å². The number of ether oxygens (including phenoxy) is 1. The number of halogens is 3. The lowest BCUT2D eigenvalue weighted by atomic mass is 9.62. The molecule has 1 spiro atoms. The van der Waals surface area contributed by atoms with E-state index >= 15 is 4.39 Å². The molecule has 3 aliphatic heterocycles. The molecule has 210 valence electrons. The Morgan fingerprint density at radius 1 is 1.21 bits per heavy atom. The van der Waals surface area contributed by atoms with Gasteiger partial charge in [-0.25, -0.2) is 4.39 Å². The largest absolute Gasteiger partial charge is 0.379 e. The summed E-state index contributed by atoms with van der Waals surface area (Å²) >= 11 is 12.5. The molecule has 10 heteroatoms. The fourth-order valence-corrected chi connectivity index (χ4v) is 6.78. The minimum atomic E-state index is -1.26. The van der Waals surface area contributed by atoms with Crippen molar-refractivity contribution in [2.75, 3.05) is 44.7 Å². The number of carbonyl (C=O) groups is 2. The normalized spacial score (nSPS) is 27.0. The molecule has 0 unspecified atom stereocenters. The smallest absolute Gasteiger partial charge is 0.237 e. The number of fused-ring (bicyclic) bond motifs is 2. The van der Waals surface area contributed by atoms with Crippen molar-refractivity contribution in [1.29, 1.82) is 0 Å². The van der Waals surface area contributed by atoms with Crippen LogP contribution in [0.4, 0.5) is 10.1 Å². The topological polar surface area (TPSA) is 82.7 Å². The summed E-state index contributed by atoms with van der Waals surface area (Å²) < 4.78 is 21.2. The Bertz CT molecular complexity index is 1260. The molecule has 0 radical (unpaired) electrons. The van der Waals surface area contributed by atoms with Gasteiger partial charge in [0, 0.05) is 48.8 Å². The van der Waals surface area contributed by atoms with Crippen LogP contribution >= 0.6 is 23.2 Å². The molecule has 0 aromatic heterocycles. The fourth-order valence-electron chi connectivity index (χ4n) is 6.42. The van der Waals surface area contributed by atoms with Crippen molar-refractivity contribution in [3.05, 3.63) is 63.4 Å². The number of hydrogen-bond acceptors (Lipinski definition) is 5. The van der Waals surface area contributed by atoms with Gasteiger partial charge in [-0.15, -0.1) is 0 Å². The summed E-state index contributed by atoms with van der Waals surface area (Å²) in [7, 11) is 0. The Labute approximate surface area is 238 Å². The minimum absolute atomic E-state index is 0.0527. The molecule has 2 aromatic rings. The highest BCUT2D eigenvalue weighted by molar-refractivity contribution is 6.31. The third kappa shape index (κ3) is 5.30. The summed E-state index contributed by atoms with van der Waals surface area (Å²) in [4.78, 5) is 30.2. The van der Waals surface area contributed by atoms with Gasteiger partial charge in [0.25, 0.3) is 0 Å². The zero-order valence-electron chi connectivity index (χ0n) is 22.5. The summed E-state index contributed by atoms with van der Waals surface area (Å²) in [6, 6.07) is 8.69. The highest BCUT2D eigenvalue weighted by Crippen LogP contribution is 2.57. The zero-order valence-corrected chi connectivity index (χ0v) is 24.0. The molecule has 2 amide bonds. The van der Waals surface area contributed by atoms with Crippen LogP contribution in [0, 0.1) is 11.2 Å². The van der Waals surface area contributed by atoms with Crippen LogP contribution in [-0.2, 0) is 19.7 Å². The quantitative estimate of drug-likeness (QED) is 0.477. The molecule has 3 N–H and O–H groups in total. The molecular formula is C29H35Cl2FN4O3. The average Bonchev–Trinajstić information content (AvgIpc) is 3.35. The van der Waals surface area contributed by atoms with Gasteiger partial charge in [0.1, 0.15) is 11.2 Å². The molecular weight excluding hydrogens is 542 g/mol. The molecule has 0 bridgehead atoms. The van der Waals surface area contributed by atoms with E-state index < -0.39 is 29.2 Å². The van der Waals surface area contributed by atoms with E-state index in [0.717, 1.165) is 13.1 Å². The molecule has 0 aliphatic carbocycles. The predicted octanol–water partition coefficient (Wildman–Crippen LogP) is 4.33. The second kappa shape index (κ2) is 11.0. The molecule has 2 aromatic carbocycles. The Balaban J connectivity index is 1.59. The minimum Gasteiger partial charge on any atom is -0.379 e. The van der Waals surface area contributed by atoms with Crippen LogP contribution in [0.15, 0.2) is 36.4 Å². The lowest BCUT2D eigenvalue weighted by Gasteiger charge is -2.37. The molecule has 0 saturated carbocycles. The second-order valence-corrected chi connectivity index (χ2v) is 12.7. The lowest BCUT2D eigenvalue weighted by molar-refractivity contribution is -0.124. The molecule has 5 rings (SSSR count). The number of morpholine rings is 1. The van der Waals surface area contributed by atoms with Crippen molar-refractivity contribution in [3.8, 4) is 0 Å².